The lowest BCUT2D eigenvalue weighted by molar-refractivity contribution is -0.539. The number of nitrogens with zero attached hydrogens (tertiary/aromatic N) is 2. The first kappa shape index (κ1) is 17.6. The number of hydrogen-bond donors (Lipinski definition) is 0. The Balaban J connectivity index is 2.22. The fraction of sp³-hybridized carbons (Fsp3) is 0.318. The predicted molar refractivity (Wildman–Crippen MR) is 106 cm³/mol. The van der Waals surface area contributed by atoms with E-state index in [2.05, 4.69) is 0 Å². The summed E-state index contributed by atoms with van der Waals surface area (Å²) in [5, 5.41) is 30.9. The highest BCUT2D eigenvalue weighted by molar-refractivity contribution is 6.21. The number of ether oxygens (including phenoxy) is 1. The van der Waals surface area contributed by atoms with Crippen LogP contribution in [0, 0.1) is 5.21 Å². The van der Waals surface area contributed by atoms with Gasteiger partial charge >= 0.3 is 5.84 Å². The van der Waals surface area contributed by atoms with Gasteiger partial charge in [0.2, 0.25) is 0 Å². The lowest BCUT2D eigenvalue weighted by Gasteiger charge is -2.32. The molecule has 0 amide bonds. The second-order valence-corrected chi connectivity index (χ2v) is 8.03. The molecular formula is C22H23N2O3. The van der Waals surface area contributed by atoms with Gasteiger partial charge in [0.1, 0.15) is 11.3 Å². The molecular weight excluding hydrogens is 340 g/mol. The van der Waals surface area contributed by atoms with Crippen LogP contribution in [0.25, 0.3) is 21.5 Å². The van der Waals surface area contributed by atoms with E-state index in [1.165, 1.54) is 0 Å². The summed E-state index contributed by atoms with van der Waals surface area (Å²) in [6, 6.07) is 15.5. The monoisotopic (exact) mass is 363 g/mol. The molecule has 3 aromatic carbocycles. The fourth-order valence-electron chi connectivity index (χ4n) is 3.86. The second kappa shape index (κ2) is 5.60. The first-order chi connectivity index (χ1) is 12.7. The summed E-state index contributed by atoms with van der Waals surface area (Å²) < 4.78 is 6.58. The quantitative estimate of drug-likeness (QED) is 0.383. The van der Waals surface area contributed by atoms with E-state index in [1.54, 1.807) is 7.11 Å². The van der Waals surface area contributed by atoms with Crippen molar-refractivity contribution in [2.24, 2.45) is 0 Å². The zero-order valence-electron chi connectivity index (χ0n) is 16.2. The van der Waals surface area contributed by atoms with Crippen LogP contribution < -0.4 is 4.74 Å². The van der Waals surface area contributed by atoms with Gasteiger partial charge in [0, 0.05) is 26.8 Å². The van der Waals surface area contributed by atoms with Gasteiger partial charge in [-0.2, -0.15) is 0 Å². The zero-order chi connectivity index (χ0) is 19.6. The van der Waals surface area contributed by atoms with Crippen molar-refractivity contribution in [2.45, 2.75) is 38.8 Å². The molecule has 5 nitrogen and oxygen atoms in total. The number of benzene rings is 3. The van der Waals surface area contributed by atoms with Gasteiger partial charge in [-0.3, -0.25) is 4.74 Å². The van der Waals surface area contributed by atoms with Gasteiger partial charge in [0.05, 0.1) is 12.7 Å². The number of fused-ring (bicyclic) bond motifs is 2. The summed E-state index contributed by atoms with van der Waals surface area (Å²) >= 11 is 0. The van der Waals surface area contributed by atoms with Gasteiger partial charge in [-0.15, -0.1) is 0 Å². The molecule has 1 aliphatic heterocycles. The van der Waals surface area contributed by atoms with E-state index in [0.717, 1.165) is 37.1 Å². The summed E-state index contributed by atoms with van der Waals surface area (Å²) in [7, 11) is 1.64. The molecule has 0 saturated heterocycles. The van der Waals surface area contributed by atoms with Crippen LogP contribution >= 0.6 is 0 Å². The van der Waals surface area contributed by atoms with E-state index >= 15 is 0 Å². The molecule has 1 heterocycles. The highest BCUT2D eigenvalue weighted by atomic mass is 16.5. The highest BCUT2D eigenvalue weighted by Crippen LogP contribution is 2.43. The molecule has 1 aliphatic rings. The number of rotatable bonds is 2. The van der Waals surface area contributed by atoms with Crippen LogP contribution in [0.1, 0.15) is 33.3 Å². The minimum atomic E-state index is -0.869. The van der Waals surface area contributed by atoms with Crippen molar-refractivity contribution in [2.75, 3.05) is 7.11 Å². The minimum Gasteiger partial charge on any atom is -0.714 e. The van der Waals surface area contributed by atoms with Gasteiger partial charge in [0.25, 0.3) is 0 Å². The minimum absolute atomic E-state index is 0.153. The number of hydrogen-bond acceptors (Lipinski definition) is 3. The van der Waals surface area contributed by atoms with Crippen LogP contribution in [0.15, 0.2) is 48.5 Å². The molecule has 0 bridgehead atoms. The molecule has 0 N–H and O–H groups in total. The van der Waals surface area contributed by atoms with Crippen LogP contribution in [0.4, 0.5) is 0 Å². The topological polar surface area (TPSA) is 58.4 Å². The summed E-state index contributed by atoms with van der Waals surface area (Å²) in [6.45, 7) is 7.25. The smallest absolute Gasteiger partial charge is 0.318 e. The standard InChI is InChI=1S/C22H23N2O3/c1-21(2)22(3,4)24(26)20(23(21)25)18-14-10-6-8-12-16(14)19(27-5)17-13-9-7-11-15(17)18/h6-13H,1-5H3. The van der Waals surface area contributed by atoms with E-state index in [0.29, 0.717) is 5.56 Å². The maximum Gasteiger partial charge on any atom is 0.318 e. The van der Waals surface area contributed by atoms with Crippen LogP contribution in [0.3, 0.4) is 0 Å². The molecule has 5 heteroatoms. The normalized spacial score (nSPS) is 18.5. The predicted octanol–water partition coefficient (Wildman–Crippen LogP) is 4.48. The van der Waals surface area contributed by atoms with E-state index in [-0.39, 0.29) is 5.84 Å². The molecule has 139 valence electrons. The Bertz CT molecular complexity index is 1040. The Morgan fingerprint density at radius 2 is 1.33 bits per heavy atom. The summed E-state index contributed by atoms with van der Waals surface area (Å²) in [5.74, 6) is 0.900. The SMILES string of the molecule is COc1c2ccccc2c(C2=[N+]([O-])C(C)(C)C(C)(C)N2[O])c2ccccc12. The molecule has 0 unspecified atom stereocenters. The molecule has 0 aliphatic carbocycles. The van der Waals surface area contributed by atoms with Crippen LogP contribution in [0.2, 0.25) is 0 Å². The fourth-order valence-corrected chi connectivity index (χ4v) is 3.86. The first-order valence-electron chi connectivity index (χ1n) is 9.03. The van der Waals surface area contributed by atoms with Gasteiger partial charge in [-0.05, 0) is 27.7 Å². The summed E-state index contributed by atoms with van der Waals surface area (Å²) in [6.07, 6.45) is 0. The Morgan fingerprint density at radius 3 is 1.70 bits per heavy atom. The largest absolute Gasteiger partial charge is 0.714 e. The lowest BCUT2D eigenvalue weighted by Crippen LogP contribution is -2.53. The number of methoxy groups -OCH3 is 1. The average molecular weight is 363 g/mol. The molecule has 0 atom stereocenters. The van der Waals surface area contributed by atoms with Crippen molar-refractivity contribution in [3.8, 4) is 5.75 Å². The summed E-state index contributed by atoms with van der Waals surface area (Å²) in [4.78, 5) is 0. The lowest BCUT2D eigenvalue weighted by atomic mass is 9.84. The summed E-state index contributed by atoms with van der Waals surface area (Å²) in [5.41, 5.74) is -1.08. The van der Waals surface area contributed by atoms with Crippen molar-refractivity contribution >= 4 is 27.4 Å². The van der Waals surface area contributed by atoms with Gasteiger partial charge < -0.3 is 9.94 Å². The maximum atomic E-state index is 13.3. The molecule has 0 aromatic heterocycles. The van der Waals surface area contributed by atoms with Crippen LogP contribution in [-0.4, -0.2) is 33.8 Å². The molecule has 0 fully saturated rings. The van der Waals surface area contributed by atoms with Crippen molar-refractivity contribution in [1.82, 2.24) is 5.06 Å². The van der Waals surface area contributed by atoms with Crippen molar-refractivity contribution in [3.05, 3.63) is 59.3 Å². The second-order valence-electron chi connectivity index (χ2n) is 8.03. The molecule has 3 aromatic rings. The number of amidine groups is 1. The van der Waals surface area contributed by atoms with Crippen molar-refractivity contribution in [3.63, 3.8) is 0 Å². The Kier molecular flexibility index (Phi) is 3.65. The zero-order valence-corrected chi connectivity index (χ0v) is 16.2. The molecule has 4 rings (SSSR count). The van der Waals surface area contributed by atoms with Gasteiger partial charge in [0.15, 0.2) is 5.54 Å². The van der Waals surface area contributed by atoms with Crippen molar-refractivity contribution < 1.29 is 14.7 Å². The number of hydroxylamine groups is 3. The Hall–Kier alpha value is -2.79. The third-order valence-corrected chi connectivity index (χ3v) is 6.21. The van der Waals surface area contributed by atoms with Crippen LogP contribution in [0.5, 0.6) is 5.75 Å². The third-order valence-electron chi connectivity index (χ3n) is 6.21. The molecule has 0 spiro atoms. The van der Waals surface area contributed by atoms with E-state index in [9.17, 15) is 10.4 Å². The maximum absolute atomic E-state index is 13.3. The van der Waals surface area contributed by atoms with Crippen molar-refractivity contribution in [1.29, 1.82) is 0 Å². The van der Waals surface area contributed by atoms with E-state index in [4.69, 9.17) is 4.74 Å². The van der Waals surface area contributed by atoms with E-state index in [1.807, 2.05) is 76.2 Å². The molecule has 27 heavy (non-hydrogen) atoms. The van der Waals surface area contributed by atoms with Gasteiger partial charge in [-0.1, -0.05) is 53.6 Å². The highest BCUT2D eigenvalue weighted by Gasteiger charge is 2.60. The third kappa shape index (κ3) is 2.12. The Labute approximate surface area is 158 Å². The molecule has 0 saturated carbocycles. The average Bonchev–Trinajstić information content (AvgIpc) is 2.77. The van der Waals surface area contributed by atoms with E-state index < -0.39 is 11.1 Å². The molecule has 1 radical (unpaired) electrons. The first-order valence-corrected chi connectivity index (χ1v) is 9.03. The Morgan fingerprint density at radius 1 is 0.889 bits per heavy atom. The van der Waals surface area contributed by atoms with Gasteiger partial charge in [-0.25, -0.2) is 0 Å². The van der Waals surface area contributed by atoms with Crippen LogP contribution in [-0.2, 0) is 5.21 Å².